The summed E-state index contributed by atoms with van der Waals surface area (Å²) in [6.07, 6.45) is 1.60. The van der Waals surface area contributed by atoms with Gasteiger partial charge in [-0.25, -0.2) is 21.2 Å². The quantitative estimate of drug-likeness (QED) is 0.736. The van der Waals surface area contributed by atoms with Gasteiger partial charge < -0.3 is 4.90 Å². The van der Waals surface area contributed by atoms with E-state index in [-0.39, 0.29) is 55.1 Å². The van der Waals surface area contributed by atoms with Gasteiger partial charge in [0.05, 0.1) is 5.75 Å². The Labute approximate surface area is 152 Å². The molecule has 3 rings (SSSR count). The number of carbonyl (C=O) groups excluding carboxylic acids is 1. The van der Waals surface area contributed by atoms with Gasteiger partial charge in [-0.2, -0.15) is 4.31 Å². The highest BCUT2D eigenvalue weighted by Crippen LogP contribution is 2.22. The Balaban J connectivity index is 1.60. The lowest BCUT2D eigenvalue weighted by molar-refractivity contribution is -0.132. The van der Waals surface area contributed by atoms with E-state index >= 15 is 0 Å². The summed E-state index contributed by atoms with van der Waals surface area (Å²) in [4.78, 5) is 13.5. The van der Waals surface area contributed by atoms with Crippen LogP contribution in [0.4, 0.5) is 4.39 Å². The van der Waals surface area contributed by atoms with Crippen LogP contribution in [0.2, 0.25) is 0 Å². The lowest BCUT2D eigenvalue weighted by Crippen LogP contribution is -2.50. The molecule has 0 aromatic heterocycles. The number of carbonyl (C=O) groups is 1. The monoisotopic (exact) mass is 402 g/mol. The molecule has 1 saturated heterocycles. The third-order valence-corrected chi connectivity index (χ3v) is 7.88. The first-order valence-electron chi connectivity index (χ1n) is 8.12. The van der Waals surface area contributed by atoms with Gasteiger partial charge in [-0.3, -0.25) is 4.79 Å². The van der Waals surface area contributed by atoms with Crippen LogP contribution in [0, 0.1) is 11.7 Å². The molecule has 10 heteroatoms. The van der Waals surface area contributed by atoms with Gasteiger partial charge in [0.25, 0.3) is 0 Å². The number of hydrogen-bond donors (Lipinski definition) is 0. The number of sulfonamides is 1. The molecule has 0 saturated carbocycles. The standard InChI is InChI=1S/C16H19FN2O5S2/c17-14-3-1-2-4-15(14)26(23,24)19-8-6-18(7-9-19)16(20)11-13-5-10-25(21,22)12-13/h1-5,10,13H,6-9,11-12H2/t13-/m1/s1. The number of rotatable bonds is 4. The molecular weight excluding hydrogens is 383 g/mol. The first-order valence-corrected chi connectivity index (χ1v) is 11.3. The zero-order valence-electron chi connectivity index (χ0n) is 13.9. The molecule has 2 aliphatic rings. The van der Waals surface area contributed by atoms with Crippen LogP contribution in [-0.4, -0.2) is 63.9 Å². The largest absolute Gasteiger partial charge is 0.340 e. The molecule has 0 aliphatic carbocycles. The highest BCUT2D eigenvalue weighted by molar-refractivity contribution is 7.94. The van der Waals surface area contributed by atoms with E-state index in [1.165, 1.54) is 29.2 Å². The fourth-order valence-electron chi connectivity index (χ4n) is 3.09. The number of benzene rings is 1. The van der Waals surface area contributed by atoms with E-state index in [1.807, 2.05) is 0 Å². The molecule has 1 atom stereocenters. The van der Waals surface area contributed by atoms with Crippen LogP contribution in [0.3, 0.4) is 0 Å². The third-order valence-electron chi connectivity index (χ3n) is 4.49. The number of nitrogens with zero attached hydrogens (tertiary/aromatic N) is 2. The van der Waals surface area contributed by atoms with E-state index in [0.717, 1.165) is 15.8 Å². The second kappa shape index (κ2) is 7.09. The maximum absolute atomic E-state index is 13.8. The molecule has 0 unspecified atom stereocenters. The summed E-state index contributed by atoms with van der Waals surface area (Å²) >= 11 is 0. The molecular formula is C16H19FN2O5S2. The Morgan fingerprint density at radius 1 is 1.15 bits per heavy atom. The van der Waals surface area contributed by atoms with Gasteiger partial charge in [-0.05, 0) is 12.1 Å². The smallest absolute Gasteiger partial charge is 0.246 e. The molecule has 7 nitrogen and oxygen atoms in total. The number of halogens is 1. The van der Waals surface area contributed by atoms with Gasteiger partial charge in [0.1, 0.15) is 10.7 Å². The van der Waals surface area contributed by atoms with Crippen molar-refractivity contribution in [1.82, 2.24) is 9.21 Å². The molecule has 0 bridgehead atoms. The Hall–Kier alpha value is -1.78. The molecule has 26 heavy (non-hydrogen) atoms. The number of amides is 1. The minimum atomic E-state index is -3.95. The van der Waals surface area contributed by atoms with Crippen molar-refractivity contribution in [2.45, 2.75) is 11.3 Å². The number of hydrogen-bond acceptors (Lipinski definition) is 5. The van der Waals surface area contributed by atoms with E-state index in [0.29, 0.717) is 0 Å². The zero-order valence-corrected chi connectivity index (χ0v) is 15.5. The maximum atomic E-state index is 13.8. The predicted molar refractivity (Wildman–Crippen MR) is 92.8 cm³/mol. The second-order valence-electron chi connectivity index (χ2n) is 6.34. The van der Waals surface area contributed by atoms with Gasteiger partial charge in [0, 0.05) is 43.9 Å². The van der Waals surface area contributed by atoms with Crippen LogP contribution in [0.15, 0.2) is 40.6 Å². The SMILES string of the molecule is O=C(C[C@H]1C=CS(=O)(=O)C1)N1CCN(S(=O)(=O)c2ccccc2F)CC1. The summed E-state index contributed by atoms with van der Waals surface area (Å²) < 4.78 is 62.9. The summed E-state index contributed by atoms with van der Waals surface area (Å²) in [5.41, 5.74) is 0. The van der Waals surface area contributed by atoms with Crippen LogP contribution >= 0.6 is 0 Å². The van der Waals surface area contributed by atoms with E-state index in [1.54, 1.807) is 0 Å². The van der Waals surface area contributed by atoms with Crippen molar-refractivity contribution in [2.24, 2.45) is 5.92 Å². The second-order valence-corrected chi connectivity index (χ2v) is 10.2. The average Bonchev–Trinajstić information content (AvgIpc) is 2.93. The summed E-state index contributed by atoms with van der Waals surface area (Å²) in [6, 6.07) is 5.19. The summed E-state index contributed by atoms with van der Waals surface area (Å²) in [6.45, 7) is 0.522. The molecule has 1 amide bonds. The van der Waals surface area contributed by atoms with Crippen molar-refractivity contribution < 1.29 is 26.0 Å². The highest BCUT2D eigenvalue weighted by atomic mass is 32.2. The van der Waals surface area contributed by atoms with Crippen molar-refractivity contribution in [3.8, 4) is 0 Å². The summed E-state index contributed by atoms with van der Waals surface area (Å²) in [7, 11) is -7.16. The van der Waals surface area contributed by atoms with Crippen LogP contribution < -0.4 is 0 Å². The molecule has 142 valence electrons. The van der Waals surface area contributed by atoms with Gasteiger partial charge in [-0.15, -0.1) is 0 Å². The van der Waals surface area contributed by atoms with Crippen LogP contribution in [0.25, 0.3) is 0 Å². The van der Waals surface area contributed by atoms with Crippen LogP contribution in [-0.2, 0) is 24.7 Å². The molecule has 0 spiro atoms. The first-order chi connectivity index (χ1) is 12.2. The molecule has 0 radical (unpaired) electrons. The Morgan fingerprint density at radius 2 is 1.81 bits per heavy atom. The fraction of sp³-hybridized carbons (Fsp3) is 0.438. The Kier molecular flexibility index (Phi) is 5.18. The molecule has 1 aromatic carbocycles. The molecule has 2 heterocycles. The van der Waals surface area contributed by atoms with Crippen LogP contribution in [0.1, 0.15) is 6.42 Å². The van der Waals surface area contributed by atoms with E-state index in [2.05, 4.69) is 0 Å². The summed E-state index contributed by atoms with van der Waals surface area (Å²) in [5, 5.41) is 1.13. The minimum Gasteiger partial charge on any atom is -0.340 e. The fourth-order valence-corrected chi connectivity index (χ4v) is 5.98. The number of sulfone groups is 1. The first kappa shape index (κ1) is 19.0. The van der Waals surface area contributed by atoms with Crippen molar-refractivity contribution in [3.05, 3.63) is 41.6 Å². The van der Waals surface area contributed by atoms with Crippen LogP contribution in [0.5, 0.6) is 0 Å². The lowest BCUT2D eigenvalue weighted by Gasteiger charge is -2.34. The van der Waals surface area contributed by atoms with Gasteiger partial charge in [0.2, 0.25) is 15.9 Å². The van der Waals surface area contributed by atoms with Gasteiger partial charge in [0.15, 0.2) is 9.84 Å². The molecule has 2 aliphatic heterocycles. The number of allylic oxidation sites excluding steroid dienone is 1. The summed E-state index contributed by atoms with van der Waals surface area (Å²) in [5.74, 6) is -1.42. The normalized spacial score (nSPS) is 23.3. The zero-order chi connectivity index (χ0) is 18.9. The van der Waals surface area contributed by atoms with Crippen molar-refractivity contribution >= 4 is 25.8 Å². The van der Waals surface area contributed by atoms with Gasteiger partial charge in [-0.1, -0.05) is 18.2 Å². The van der Waals surface area contributed by atoms with E-state index in [4.69, 9.17) is 0 Å². The van der Waals surface area contributed by atoms with Gasteiger partial charge >= 0.3 is 0 Å². The third kappa shape index (κ3) is 3.97. The number of piperazine rings is 1. The Bertz CT molecular complexity index is 935. The highest BCUT2D eigenvalue weighted by Gasteiger charge is 2.33. The van der Waals surface area contributed by atoms with Crippen molar-refractivity contribution in [3.63, 3.8) is 0 Å². The average molecular weight is 402 g/mol. The topological polar surface area (TPSA) is 91.8 Å². The van der Waals surface area contributed by atoms with Crippen molar-refractivity contribution in [1.29, 1.82) is 0 Å². The minimum absolute atomic E-state index is 0.0691. The molecule has 0 N–H and O–H groups in total. The molecule has 1 fully saturated rings. The molecule has 1 aromatic rings. The lowest BCUT2D eigenvalue weighted by atomic mass is 10.1. The predicted octanol–water partition coefficient (Wildman–Crippen LogP) is 0.607. The van der Waals surface area contributed by atoms with Crippen molar-refractivity contribution in [2.75, 3.05) is 31.9 Å². The Morgan fingerprint density at radius 3 is 2.38 bits per heavy atom. The maximum Gasteiger partial charge on any atom is 0.246 e. The van der Waals surface area contributed by atoms with E-state index in [9.17, 15) is 26.0 Å². The van der Waals surface area contributed by atoms with E-state index < -0.39 is 25.7 Å².